The third-order valence-corrected chi connectivity index (χ3v) is 5.28. The molecule has 2 aromatic carbocycles. The molecule has 0 aliphatic rings. The first-order chi connectivity index (χ1) is 14.9. The van der Waals surface area contributed by atoms with Crippen LogP contribution in [-0.4, -0.2) is 36.3 Å². The van der Waals surface area contributed by atoms with Gasteiger partial charge < -0.3 is 10.3 Å². The van der Waals surface area contributed by atoms with Crippen molar-refractivity contribution in [3.8, 4) is 5.69 Å². The van der Waals surface area contributed by atoms with Crippen molar-refractivity contribution in [3.05, 3.63) is 80.2 Å². The lowest BCUT2D eigenvalue weighted by Crippen LogP contribution is -2.15. The van der Waals surface area contributed by atoms with Crippen molar-refractivity contribution in [2.45, 2.75) is 5.16 Å². The normalized spacial score (nSPS) is 10.9. The van der Waals surface area contributed by atoms with Gasteiger partial charge in [-0.25, -0.2) is 9.67 Å². The molecule has 0 spiro atoms. The molecule has 2 aromatic heterocycles. The molecule has 0 aliphatic carbocycles. The quantitative estimate of drug-likeness (QED) is 0.196. The number of carbonyl (C=O) groups is 1. The number of nitro benzene ring substituents is 1. The van der Waals surface area contributed by atoms with E-state index in [2.05, 4.69) is 20.4 Å². The van der Waals surface area contributed by atoms with Crippen LogP contribution in [0.15, 0.2) is 64.7 Å². The van der Waals surface area contributed by atoms with E-state index in [0.717, 1.165) is 11.8 Å². The van der Waals surface area contributed by atoms with Crippen molar-refractivity contribution in [1.29, 1.82) is 0 Å². The van der Waals surface area contributed by atoms with Crippen LogP contribution in [0.3, 0.4) is 0 Å². The molecule has 0 radical (unpaired) electrons. The maximum absolute atomic E-state index is 12.4. The molecule has 0 saturated carbocycles. The number of aromatic amines is 1. The van der Waals surface area contributed by atoms with E-state index in [0.29, 0.717) is 27.4 Å². The minimum Gasteiger partial charge on any atom is -0.325 e. The molecule has 0 unspecified atom stereocenters. The number of benzene rings is 2. The summed E-state index contributed by atoms with van der Waals surface area (Å²) < 4.78 is 1.50. The molecule has 156 valence electrons. The summed E-state index contributed by atoms with van der Waals surface area (Å²) in [6.07, 6.45) is 1.41. The maximum Gasteiger partial charge on any atom is 0.269 e. The summed E-state index contributed by atoms with van der Waals surface area (Å²) >= 11 is 7.08. The standard InChI is InChI=1S/C19H13ClN6O4S/c20-11-2-1-3-14(8-11)25-17-15(9-21-25)18(28)24-19(23-17)31-10-16(27)22-12-4-6-13(7-5-12)26(29)30/h1-9H,10H2,(H,22,27)(H,23,24,28). The zero-order valence-corrected chi connectivity index (χ0v) is 17.2. The van der Waals surface area contributed by atoms with Gasteiger partial charge in [-0.15, -0.1) is 0 Å². The first-order valence-corrected chi connectivity index (χ1v) is 10.2. The fourth-order valence-electron chi connectivity index (χ4n) is 2.76. The van der Waals surface area contributed by atoms with E-state index in [1.165, 1.54) is 35.1 Å². The number of rotatable bonds is 6. The number of halogens is 1. The van der Waals surface area contributed by atoms with Gasteiger partial charge in [-0.05, 0) is 30.3 Å². The topological polar surface area (TPSA) is 136 Å². The zero-order chi connectivity index (χ0) is 22.0. The smallest absolute Gasteiger partial charge is 0.269 e. The summed E-state index contributed by atoms with van der Waals surface area (Å²) in [6, 6.07) is 12.4. The number of H-pyrrole nitrogens is 1. The Morgan fingerprint density at radius 2 is 2.03 bits per heavy atom. The van der Waals surface area contributed by atoms with Crippen LogP contribution in [-0.2, 0) is 4.79 Å². The SMILES string of the molecule is O=C(CSc1nc2c(cnn2-c2cccc(Cl)c2)c(=O)[nH]1)Nc1ccc([N+](=O)[O-])cc1. The molecule has 0 atom stereocenters. The molecule has 0 saturated heterocycles. The van der Waals surface area contributed by atoms with Crippen LogP contribution in [0.2, 0.25) is 5.02 Å². The van der Waals surface area contributed by atoms with Gasteiger partial charge in [0, 0.05) is 22.8 Å². The number of nitrogens with one attached hydrogen (secondary N) is 2. The number of nitro groups is 1. The van der Waals surface area contributed by atoms with E-state index in [4.69, 9.17) is 11.6 Å². The highest BCUT2D eigenvalue weighted by Gasteiger charge is 2.13. The summed E-state index contributed by atoms with van der Waals surface area (Å²) in [4.78, 5) is 41.8. The van der Waals surface area contributed by atoms with Gasteiger partial charge in [0.15, 0.2) is 10.8 Å². The Morgan fingerprint density at radius 1 is 1.26 bits per heavy atom. The minimum absolute atomic E-state index is 0.0310. The van der Waals surface area contributed by atoms with E-state index < -0.39 is 4.92 Å². The number of nitrogens with zero attached hydrogens (tertiary/aromatic N) is 4. The molecule has 2 heterocycles. The van der Waals surface area contributed by atoms with Crippen LogP contribution in [0.5, 0.6) is 0 Å². The van der Waals surface area contributed by atoms with Gasteiger partial charge in [0.05, 0.1) is 22.6 Å². The highest BCUT2D eigenvalue weighted by atomic mass is 35.5. The van der Waals surface area contributed by atoms with E-state index in [9.17, 15) is 19.7 Å². The number of non-ortho nitro benzene ring substituents is 1. The molecule has 31 heavy (non-hydrogen) atoms. The van der Waals surface area contributed by atoms with Crippen LogP contribution in [0.25, 0.3) is 16.7 Å². The Balaban J connectivity index is 1.51. The van der Waals surface area contributed by atoms with Crippen molar-refractivity contribution >= 4 is 51.7 Å². The van der Waals surface area contributed by atoms with Crippen LogP contribution >= 0.6 is 23.4 Å². The zero-order valence-electron chi connectivity index (χ0n) is 15.6. The third kappa shape index (κ3) is 4.57. The van der Waals surface area contributed by atoms with Crippen molar-refractivity contribution in [2.24, 2.45) is 0 Å². The molecule has 0 fully saturated rings. The van der Waals surface area contributed by atoms with Gasteiger partial charge in [-0.1, -0.05) is 29.4 Å². The lowest BCUT2D eigenvalue weighted by Gasteiger charge is -2.06. The minimum atomic E-state index is -0.520. The first kappa shape index (κ1) is 20.6. The van der Waals surface area contributed by atoms with Crippen LogP contribution in [0.1, 0.15) is 0 Å². The van der Waals surface area contributed by atoms with Gasteiger partial charge in [-0.3, -0.25) is 19.7 Å². The molecule has 4 rings (SSSR count). The third-order valence-electron chi connectivity index (χ3n) is 4.17. The Kier molecular flexibility index (Phi) is 5.69. The van der Waals surface area contributed by atoms with Gasteiger partial charge in [0.1, 0.15) is 5.39 Å². The van der Waals surface area contributed by atoms with Gasteiger partial charge in [0.2, 0.25) is 5.91 Å². The second kappa shape index (κ2) is 8.58. The molecule has 1 amide bonds. The van der Waals surface area contributed by atoms with Gasteiger partial charge in [0.25, 0.3) is 11.2 Å². The van der Waals surface area contributed by atoms with Gasteiger partial charge >= 0.3 is 0 Å². The second-order valence-electron chi connectivity index (χ2n) is 6.29. The number of aromatic nitrogens is 4. The lowest BCUT2D eigenvalue weighted by molar-refractivity contribution is -0.384. The average molecular weight is 457 g/mol. The average Bonchev–Trinajstić information content (AvgIpc) is 3.17. The predicted octanol–water partition coefficient (Wildman–Crippen LogP) is 3.40. The molecule has 0 bridgehead atoms. The Hall–Kier alpha value is -3.70. The highest BCUT2D eigenvalue weighted by molar-refractivity contribution is 7.99. The van der Waals surface area contributed by atoms with Crippen LogP contribution in [0, 0.1) is 10.1 Å². The number of hydrogen-bond donors (Lipinski definition) is 2. The molecule has 10 nitrogen and oxygen atoms in total. The predicted molar refractivity (Wildman–Crippen MR) is 117 cm³/mol. The fourth-order valence-corrected chi connectivity index (χ4v) is 3.60. The number of fused-ring (bicyclic) bond motifs is 1. The van der Waals surface area contributed by atoms with Crippen molar-refractivity contribution in [2.75, 3.05) is 11.1 Å². The van der Waals surface area contributed by atoms with E-state index in [1.54, 1.807) is 24.3 Å². The summed E-state index contributed by atoms with van der Waals surface area (Å²) in [5, 5.41) is 18.6. The molecule has 2 N–H and O–H groups in total. The highest BCUT2D eigenvalue weighted by Crippen LogP contribution is 2.20. The Bertz CT molecular complexity index is 1350. The molecular formula is C19H13ClN6O4S. The summed E-state index contributed by atoms with van der Waals surface area (Å²) in [7, 11) is 0. The molecule has 0 aliphatic heterocycles. The lowest BCUT2D eigenvalue weighted by atomic mass is 10.3. The number of thioether (sulfide) groups is 1. The second-order valence-corrected chi connectivity index (χ2v) is 7.69. The van der Waals surface area contributed by atoms with E-state index in [-0.39, 0.29) is 28.1 Å². The number of carbonyl (C=O) groups excluding carboxylic acids is 1. The van der Waals surface area contributed by atoms with Crippen molar-refractivity contribution in [3.63, 3.8) is 0 Å². The number of amides is 1. The van der Waals surface area contributed by atoms with Crippen molar-refractivity contribution < 1.29 is 9.72 Å². The fraction of sp³-hybridized carbons (Fsp3) is 0.0526. The first-order valence-electron chi connectivity index (χ1n) is 8.82. The van der Waals surface area contributed by atoms with E-state index >= 15 is 0 Å². The summed E-state index contributed by atoms with van der Waals surface area (Å²) in [5.41, 5.74) is 0.958. The van der Waals surface area contributed by atoms with Crippen molar-refractivity contribution in [1.82, 2.24) is 19.7 Å². The maximum atomic E-state index is 12.4. The summed E-state index contributed by atoms with van der Waals surface area (Å²) in [5.74, 6) is -0.388. The van der Waals surface area contributed by atoms with Crippen LogP contribution in [0.4, 0.5) is 11.4 Å². The Morgan fingerprint density at radius 3 is 2.74 bits per heavy atom. The number of anilines is 1. The monoisotopic (exact) mass is 456 g/mol. The molecule has 4 aromatic rings. The number of hydrogen-bond acceptors (Lipinski definition) is 7. The largest absolute Gasteiger partial charge is 0.325 e. The van der Waals surface area contributed by atoms with Gasteiger partial charge in [-0.2, -0.15) is 5.10 Å². The molecule has 12 heteroatoms. The van der Waals surface area contributed by atoms with Crippen LogP contribution < -0.4 is 10.9 Å². The summed E-state index contributed by atoms with van der Waals surface area (Å²) in [6.45, 7) is 0. The molecular weight excluding hydrogens is 444 g/mol. The Labute approximate surface area is 183 Å². The van der Waals surface area contributed by atoms with E-state index in [1.807, 2.05) is 0 Å².